The highest BCUT2D eigenvalue weighted by Crippen LogP contribution is 2.35. The van der Waals surface area contributed by atoms with Gasteiger partial charge < -0.3 is 13.9 Å². The Hall–Kier alpha value is -3.71. The smallest absolute Gasteiger partial charge is 0.265 e. The van der Waals surface area contributed by atoms with Gasteiger partial charge in [0.1, 0.15) is 26.9 Å². The molecule has 206 valence electrons. The number of benzene rings is 3. The predicted molar refractivity (Wildman–Crippen MR) is 145 cm³/mol. The SMILES string of the molecule is COC(C)(C)CCOc1cc(C(=O)NS(=O)(=O)c2ccccc2S(N)(=O)=O)ccc1-c1cc2ccccc2o1. The van der Waals surface area contributed by atoms with Crippen LogP contribution in [-0.4, -0.2) is 42.1 Å². The first-order valence-corrected chi connectivity index (χ1v) is 14.8. The second-order valence-corrected chi connectivity index (χ2v) is 12.5. The summed E-state index contributed by atoms with van der Waals surface area (Å²) in [6.07, 6.45) is 0.526. The summed E-state index contributed by atoms with van der Waals surface area (Å²) in [5, 5.41) is 6.04. The van der Waals surface area contributed by atoms with Gasteiger partial charge in [-0.3, -0.25) is 4.79 Å². The van der Waals surface area contributed by atoms with E-state index in [9.17, 15) is 21.6 Å². The standard InChI is InChI=1S/C27H28N2O8S2/c1-27(2,35-3)14-15-36-22-17-19(12-13-20(22)23-16-18-8-4-5-9-21(18)37-23)26(30)29-39(33,34)25-11-7-6-10-24(25)38(28,31)32/h4-13,16-17H,14-15H2,1-3H3,(H,29,30)(H2,28,31,32). The van der Waals surface area contributed by atoms with Crippen LogP contribution in [0.3, 0.4) is 0 Å². The number of hydrogen-bond acceptors (Lipinski definition) is 8. The maximum Gasteiger partial charge on any atom is 0.265 e. The van der Waals surface area contributed by atoms with E-state index in [0.29, 0.717) is 23.3 Å². The summed E-state index contributed by atoms with van der Waals surface area (Å²) < 4.78 is 69.1. The summed E-state index contributed by atoms with van der Waals surface area (Å²) in [7, 11) is -7.36. The molecule has 1 aromatic heterocycles. The summed E-state index contributed by atoms with van der Waals surface area (Å²) in [6, 6.07) is 18.5. The Morgan fingerprint density at radius 1 is 0.949 bits per heavy atom. The van der Waals surface area contributed by atoms with Crippen LogP contribution in [-0.2, 0) is 24.8 Å². The number of primary sulfonamides is 1. The zero-order valence-corrected chi connectivity index (χ0v) is 23.1. The molecule has 4 rings (SSSR count). The van der Waals surface area contributed by atoms with Crippen molar-refractivity contribution in [2.24, 2.45) is 5.14 Å². The molecule has 0 unspecified atom stereocenters. The zero-order valence-electron chi connectivity index (χ0n) is 21.5. The van der Waals surface area contributed by atoms with Crippen molar-refractivity contribution in [1.82, 2.24) is 4.72 Å². The number of methoxy groups -OCH3 is 1. The van der Waals surface area contributed by atoms with E-state index in [-0.39, 0.29) is 17.9 Å². The average molecular weight is 573 g/mol. The molecule has 0 saturated heterocycles. The Balaban J connectivity index is 1.68. The van der Waals surface area contributed by atoms with Crippen molar-refractivity contribution in [3.05, 3.63) is 78.4 Å². The molecule has 0 atom stereocenters. The highest BCUT2D eigenvalue weighted by Gasteiger charge is 2.27. The van der Waals surface area contributed by atoms with Crippen LogP contribution in [0.4, 0.5) is 0 Å². The minimum atomic E-state index is -4.59. The van der Waals surface area contributed by atoms with Crippen LogP contribution in [0.15, 0.2) is 87.0 Å². The van der Waals surface area contributed by atoms with Gasteiger partial charge in [0.05, 0.1) is 17.8 Å². The number of sulfonamides is 2. The van der Waals surface area contributed by atoms with Gasteiger partial charge in [-0.15, -0.1) is 0 Å². The third kappa shape index (κ3) is 6.48. The summed E-state index contributed by atoms with van der Waals surface area (Å²) in [6.45, 7) is 4.05. The van der Waals surface area contributed by atoms with E-state index >= 15 is 0 Å². The van der Waals surface area contributed by atoms with Gasteiger partial charge in [0.25, 0.3) is 15.9 Å². The number of ether oxygens (including phenoxy) is 2. The first kappa shape index (κ1) is 28.3. The molecule has 4 aromatic rings. The van der Waals surface area contributed by atoms with Crippen molar-refractivity contribution in [2.45, 2.75) is 35.7 Å². The van der Waals surface area contributed by atoms with E-state index in [1.165, 1.54) is 24.3 Å². The van der Waals surface area contributed by atoms with Gasteiger partial charge in [-0.25, -0.2) is 26.7 Å². The molecule has 0 fully saturated rings. The number of nitrogens with one attached hydrogen (secondary N) is 1. The second-order valence-electron chi connectivity index (χ2n) is 9.35. The lowest BCUT2D eigenvalue weighted by atomic mass is 10.1. The molecule has 0 aliphatic carbocycles. The van der Waals surface area contributed by atoms with E-state index in [2.05, 4.69) is 0 Å². The molecule has 0 radical (unpaired) electrons. The number of rotatable bonds is 10. The average Bonchev–Trinajstić information content (AvgIpc) is 3.32. The van der Waals surface area contributed by atoms with Crippen molar-refractivity contribution in [2.75, 3.05) is 13.7 Å². The van der Waals surface area contributed by atoms with Crippen LogP contribution >= 0.6 is 0 Å². The van der Waals surface area contributed by atoms with Crippen LogP contribution in [0.1, 0.15) is 30.6 Å². The molecule has 12 heteroatoms. The van der Waals surface area contributed by atoms with Crippen LogP contribution < -0.4 is 14.6 Å². The number of para-hydroxylation sites is 1. The molecule has 1 amide bonds. The Labute approximate surface area is 226 Å². The normalized spacial score (nSPS) is 12.4. The quantitative estimate of drug-likeness (QED) is 0.288. The van der Waals surface area contributed by atoms with Gasteiger partial charge in [-0.1, -0.05) is 30.3 Å². The Morgan fingerprint density at radius 2 is 1.62 bits per heavy atom. The number of carbonyl (C=O) groups is 1. The number of carbonyl (C=O) groups excluding carboxylic acids is 1. The van der Waals surface area contributed by atoms with E-state index in [0.717, 1.165) is 17.5 Å². The minimum Gasteiger partial charge on any atom is -0.493 e. The van der Waals surface area contributed by atoms with Crippen LogP contribution in [0.25, 0.3) is 22.3 Å². The number of amides is 1. The highest BCUT2D eigenvalue weighted by molar-refractivity contribution is 7.92. The summed E-state index contributed by atoms with van der Waals surface area (Å²) >= 11 is 0. The topological polar surface area (TPSA) is 155 Å². The van der Waals surface area contributed by atoms with Crippen molar-refractivity contribution >= 4 is 36.9 Å². The van der Waals surface area contributed by atoms with Gasteiger partial charge in [0.2, 0.25) is 10.0 Å². The van der Waals surface area contributed by atoms with Gasteiger partial charge in [-0.05, 0) is 56.3 Å². The van der Waals surface area contributed by atoms with E-state index in [1.54, 1.807) is 13.2 Å². The zero-order chi connectivity index (χ0) is 28.4. The molecule has 1 heterocycles. The van der Waals surface area contributed by atoms with Crippen molar-refractivity contribution in [3.8, 4) is 17.1 Å². The predicted octanol–water partition coefficient (Wildman–Crippen LogP) is 4.06. The second kappa shape index (κ2) is 10.8. The molecule has 3 N–H and O–H groups in total. The summed E-state index contributed by atoms with van der Waals surface area (Å²) in [5.41, 5.74) is 0.729. The van der Waals surface area contributed by atoms with Gasteiger partial charge in [-0.2, -0.15) is 0 Å². The lowest BCUT2D eigenvalue weighted by Crippen LogP contribution is -2.32. The number of hydrogen-bond donors (Lipinski definition) is 2. The fourth-order valence-electron chi connectivity index (χ4n) is 3.75. The molecule has 0 aliphatic rings. The molecule has 0 spiro atoms. The minimum absolute atomic E-state index is 0.0347. The first-order chi connectivity index (χ1) is 18.3. The fraction of sp³-hybridized carbons (Fsp3) is 0.222. The number of fused-ring (bicyclic) bond motifs is 1. The van der Waals surface area contributed by atoms with Gasteiger partial charge >= 0.3 is 0 Å². The summed E-state index contributed by atoms with van der Waals surface area (Å²) in [5.74, 6) is -0.202. The molecule has 0 saturated carbocycles. The third-order valence-electron chi connectivity index (χ3n) is 6.12. The fourth-order valence-corrected chi connectivity index (χ4v) is 6.11. The number of nitrogens with two attached hydrogens (primary N) is 1. The molecular formula is C27H28N2O8S2. The van der Waals surface area contributed by atoms with Crippen LogP contribution in [0.2, 0.25) is 0 Å². The maximum atomic E-state index is 13.0. The molecule has 10 nitrogen and oxygen atoms in total. The van der Waals surface area contributed by atoms with E-state index < -0.39 is 41.3 Å². The Bertz CT molecular complexity index is 1710. The van der Waals surface area contributed by atoms with Crippen LogP contribution in [0, 0.1) is 0 Å². The maximum absolute atomic E-state index is 13.0. The molecule has 0 bridgehead atoms. The van der Waals surface area contributed by atoms with Crippen molar-refractivity contribution < 1.29 is 35.5 Å². The summed E-state index contributed by atoms with van der Waals surface area (Å²) in [4.78, 5) is 11.8. The third-order valence-corrected chi connectivity index (χ3v) is 8.61. The first-order valence-electron chi connectivity index (χ1n) is 11.8. The van der Waals surface area contributed by atoms with Crippen LogP contribution in [0.5, 0.6) is 5.75 Å². The molecule has 3 aromatic carbocycles. The monoisotopic (exact) mass is 572 g/mol. The molecule has 39 heavy (non-hydrogen) atoms. The van der Waals surface area contributed by atoms with Crippen molar-refractivity contribution in [3.63, 3.8) is 0 Å². The van der Waals surface area contributed by atoms with E-state index in [4.69, 9.17) is 19.0 Å². The lowest BCUT2D eigenvalue weighted by Gasteiger charge is -2.23. The molecular weight excluding hydrogens is 544 g/mol. The largest absolute Gasteiger partial charge is 0.493 e. The van der Waals surface area contributed by atoms with Gasteiger partial charge in [0.15, 0.2) is 0 Å². The highest BCUT2D eigenvalue weighted by atomic mass is 32.2. The van der Waals surface area contributed by atoms with Gasteiger partial charge in [0, 0.05) is 24.5 Å². The van der Waals surface area contributed by atoms with E-state index in [1.807, 2.05) is 48.9 Å². The van der Waals surface area contributed by atoms with Crippen molar-refractivity contribution in [1.29, 1.82) is 0 Å². The molecule has 0 aliphatic heterocycles. The number of furan rings is 1. The lowest BCUT2D eigenvalue weighted by molar-refractivity contribution is 0.00548. The Kier molecular flexibility index (Phi) is 7.84. The Morgan fingerprint density at radius 3 is 2.28 bits per heavy atom.